The Kier molecular flexibility index (Phi) is 6.33. The first-order valence-corrected chi connectivity index (χ1v) is 8.66. The molecule has 156 valence electrons. The third kappa shape index (κ3) is 4.89. The summed E-state index contributed by atoms with van der Waals surface area (Å²) in [5, 5.41) is 26.9. The van der Waals surface area contributed by atoms with Gasteiger partial charge in [-0.3, -0.25) is 10.00 Å². The third-order valence-corrected chi connectivity index (χ3v) is 4.08. The Morgan fingerprint density at radius 3 is 2.58 bits per heavy atom. The maximum absolute atomic E-state index is 13.2. The average Bonchev–Trinajstić information content (AvgIpc) is 3.25. The molecule has 0 unspecified atom stereocenters. The molecule has 3 aromatic rings. The first-order chi connectivity index (χ1) is 14.9. The Bertz CT molecular complexity index is 1160. The number of carbonyl (C=O) groups excluding carboxylic acids is 1. The van der Waals surface area contributed by atoms with E-state index in [9.17, 15) is 13.6 Å². The van der Waals surface area contributed by atoms with Gasteiger partial charge in [0.05, 0.1) is 49.1 Å². The van der Waals surface area contributed by atoms with Gasteiger partial charge in [-0.1, -0.05) is 0 Å². The summed E-state index contributed by atoms with van der Waals surface area (Å²) in [4.78, 5) is 22.1. The molecule has 0 spiro atoms. The molecule has 12 heteroatoms. The lowest BCUT2D eigenvalue weighted by Gasteiger charge is -2.22. The fourth-order valence-corrected chi connectivity index (χ4v) is 2.61. The van der Waals surface area contributed by atoms with Gasteiger partial charge in [0, 0.05) is 11.3 Å². The molecule has 3 rings (SSSR count). The van der Waals surface area contributed by atoms with E-state index in [1.807, 2.05) is 6.07 Å². The van der Waals surface area contributed by atoms with Gasteiger partial charge in [-0.2, -0.15) is 15.6 Å². The van der Waals surface area contributed by atoms with Crippen molar-refractivity contribution in [1.82, 2.24) is 20.2 Å². The van der Waals surface area contributed by atoms with Crippen molar-refractivity contribution in [1.29, 1.82) is 10.5 Å². The molecule has 2 N–H and O–H groups in total. The minimum Gasteiger partial charge on any atom is -0.467 e. The zero-order chi connectivity index (χ0) is 22.4. The fraction of sp³-hybridized carbons (Fsp3) is 0.158. The van der Waals surface area contributed by atoms with Crippen LogP contribution in [0.2, 0.25) is 0 Å². The highest BCUT2D eigenvalue weighted by atomic mass is 19.3. The molecule has 2 aromatic heterocycles. The molecule has 0 aliphatic carbocycles. The molecule has 10 nitrogen and oxygen atoms in total. The molecular weight excluding hydrogens is 410 g/mol. The van der Waals surface area contributed by atoms with E-state index >= 15 is 0 Å². The monoisotopic (exact) mass is 424 g/mol. The van der Waals surface area contributed by atoms with Crippen molar-refractivity contribution < 1.29 is 18.3 Å². The van der Waals surface area contributed by atoms with E-state index in [1.165, 1.54) is 42.6 Å². The number of anilines is 2. The van der Waals surface area contributed by atoms with Gasteiger partial charge in [-0.05, 0) is 24.3 Å². The van der Waals surface area contributed by atoms with E-state index in [4.69, 9.17) is 15.3 Å². The number of carbonyl (C=O) groups is 1. The zero-order valence-electron chi connectivity index (χ0n) is 16.0. The molecule has 31 heavy (non-hydrogen) atoms. The number of nitrogens with zero attached hydrogens (tertiary/aromatic N) is 6. The minimum atomic E-state index is -2.88. The summed E-state index contributed by atoms with van der Waals surface area (Å²) in [7, 11) is 1.39. The van der Waals surface area contributed by atoms with Crippen LogP contribution in [-0.4, -0.2) is 33.3 Å². The fourth-order valence-electron chi connectivity index (χ4n) is 2.61. The van der Waals surface area contributed by atoms with E-state index in [-0.39, 0.29) is 35.2 Å². The number of ether oxygens (including phenoxy) is 1. The quantitative estimate of drug-likeness (QED) is 0.618. The Hall–Kier alpha value is -4.58. The highest BCUT2D eigenvalue weighted by Gasteiger charge is 2.21. The van der Waals surface area contributed by atoms with E-state index in [0.717, 1.165) is 6.07 Å². The summed E-state index contributed by atoms with van der Waals surface area (Å²) in [6.07, 6.45) is -0.203. The number of rotatable bonds is 6. The molecule has 0 atom stereocenters. The lowest BCUT2D eigenvalue weighted by Crippen LogP contribution is -2.35. The van der Waals surface area contributed by atoms with Gasteiger partial charge in [0.25, 0.3) is 6.43 Å². The Morgan fingerprint density at radius 2 is 2.00 bits per heavy atom. The van der Waals surface area contributed by atoms with E-state index < -0.39 is 18.0 Å². The van der Waals surface area contributed by atoms with Crippen molar-refractivity contribution in [2.75, 3.05) is 17.3 Å². The molecule has 0 bridgehead atoms. The van der Waals surface area contributed by atoms with Crippen molar-refractivity contribution in [2.24, 2.45) is 0 Å². The van der Waals surface area contributed by atoms with Crippen LogP contribution in [0.15, 0.2) is 36.7 Å². The molecule has 0 radical (unpaired) electrons. The lowest BCUT2D eigenvalue weighted by molar-refractivity contribution is 0.151. The molecule has 0 saturated heterocycles. The van der Waals surface area contributed by atoms with Crippen LogP contribution in [0.3, 0.4) is 0 Å². The molecule has 0 saturated carbocycles. The topological polar surface area (TPSA) is 144 Å². The first-order valence-electron chi connectivity index (χ1n) is 8.66. The van der Waals surface area contributed by atoms with Crippen LogP contribution in [-0.2, 0) is 6.54 Å². The van der Waals surface area contributed by atoms with Crippen molar-refractivity contribution in [3.63, 3.8) is 0 Å². The van der Waals surface area contributed by atoms with E-state index in [2.05, 4.69) is 25.5 Å². The predicted octanol–water partition coefficient (Wildman–Crippen LogP) is 3.13. The number of hydrogen-bond acceptors (Lipinski definition) is 7. The number of aromatic nitrogens is 4. The number of aromatic amines is 1. The number of urea groups is 1. The molecule has 0 aliphatic rings. The summed E-state index contributed by atoms with van der Waals surface area (Å²) in [5.74, 6) is 0. The smallest absolute Gasteiger partial charge is 0.326 e. The minimum absolute atomic E-state index is 0.0680. The second-order valence-electron chi connectivity index (χ2n) is 6.04. The zero-order valence-corrected chi connectivity index (χ0v) is 16.0. The van der Waals surface area contributed by atoms with Crippen LogP contribution in [0.25, 0.3) is 0 Å². The molecule has 0 fully saturated rings. The highest BCUT2D eigenvalue weighted by Crippen LogP contribution is 2.26. The van der Waals surface area contributed by atoms with E-state index in [1.54, 1.807) is 6.07 Å². The maximum Gasteiger partial charge on any atom is 0.326 e. The number of benzene rings is 1. The second-order valence-corrected chi connectivity index (χ2v) is 6.04. The summed E-state index contributed by atoms with van der Waals surface area (Å²) in [5.41, 5.74) is 0.228. The van der Waals surface area contributed by atoms with Crippen LogP contribution in [0.1, 0.15) is 28.9 Å². The van der Waals surface area contributed by atoms with Crippen LogP contribution in [0, 0.1) is 22.7 Å². The highest BCUT2D eigenvalue weighted by molar-refractivity contribution is 6.01. The number of hydrogen-bond donors (Lipinski definition) is 2. The van der Waals surface area contributed by atoms with Crippen LogP contribution in [0.5, 0.6) is 6.01 Å². The number of H-pyrrole nitrogens is 1. The van der Waals surface area contributed by atoms with E-state index in [0.29, 0.717) is 5.69 Å². The van der Waals surface area contributed by atoms with Gasteiger partial charge in [0.2, 0.25) is 0 Å². The van der Waals surface area contributed by atoms with Crippen LogP contribution < -0.4 is 15.0 Å². The van der Waals surface area contributed by atoms with Gasteiger partial charge in [-0.15, -0.1) is 0 Å². The van der Waals surface area contributed by atoms with Crippen molar-refractivity contribution >= 4 is 17.4 Å². The number of methoxy groups -OCH3 is 1. The maximum atomic E-state index is 13.2. The molecule has 2 heterocycles. The summed E-state index contributed by atoms with van der Waals surface area (Å²) >= 11 is 0. The number of halogens is 2. The van der Waals surface area contributed by atoms with Crippen LogP contribution >= 0.6 is 0 Å². The van der Waals surface area contributed by atoms with Gasteiger partial charge >= 0.3 is 12.0 Å². The summed E-state index contributed by atoms with van der Waals surface area (Å²) < 4.78 is 31.3. The number of nitriles is 2. The lowest BCUT2D eigenvalue weighted by atomic mass is 10.1. The van der Waals surface area contributed by atoms with Gasteiger partial charge < -0.3 is 10.1 Å². The summed E-state index contributed by atoms with van der Waals surface area (Å²) in [6, 6.07) is 8.01. The predicted molar refractivity (Wildman–Crippen MR) is 103 cm³/mol. The first kappa shape index (κ1) is 21.1. The Labute approximate surface area is 174 Å². The van der Waals surface area contributed by atoms with Gasteiger partial charge in [-0.25, -0.2) is 23.5 Å². The molecule has 0 aliphatic heterocycles. The van der Waals surface area contributed by atoms with Crippen molar-refractivity contribution in [3.05, 3.63) is 59.2 Å². The standard InChI is InChI=1S/C19H14F2N8O2/c1-31-18-24-8-15(9-25-18)29(10-14-4-13(7-23)27-28-14)19(30)26-12-3-2-11(6-22)16(5-12)17(20)21/h2-5,8-9,17H,10H2,1H3,(H,26,30)(H,27,28). The summed E-state index contributed by atoms with van der Waals surface area (Å²) in [6.45, 7) is -0.0717. The van der Waals surface area contributed by atoms with Gasteiger partial charge in [0.1, 0.15) is 11.8 Å². The normalized spacial score (nSPS) is 10.3. The Morgan fingerprint density at radius 1 is 1.26 bits per heavy atom. The molecule has 2 amide bonds. The number of alkyl halides is 2. The number of amides is 2. The van der Waals surface area contributed by atoms with Crippen molar-refractivity contribution in [2.45, 2.75) is 13.0 Å². The SMILES string of the molecule is COc1ncc(N(Cc2cc(C#N)[nH]n2)C(=O)Nc2ccc(C#N)c(C(F)F)c2)cn1. The second kappa shape index (κ2) is 9.28. The largest absolute Gasteiger partial charge is 0.467 e. The van der Waals surface area contributed by atoms with Crippen molar-refractivity contribution in [3.8, 4) is 18.1 Å². The van der Waals surface area contributed by atoms with Gasteiger partial charge in [0.15, 0.2) is 0 Å². The van der Waals surface area contributed by atoms with Crippen LogP contribution in [0.4, 0.5) is 25.0 Å². The molecular formula is C19H14F2N8O2. The average molecular weight is 424 g/mol. The Balaban J connectivity index is 1.90. The third-order valence-electron chi connectivity index (χ3n) is 4.08. The number of nitrogens with one attached hydrogen (secondary N) is 2. The molecule has 1 aromatic carbocycles.